The summed E-state index contributed by atoms with van der Waals surface area (Å²) in [4.78, 5) is 24.2. The minimum atomic E-state index is -0.252. The SMILES string of the molecule is C.C.C.CC.CC.CC.CC(=N)N.CNC(=O)[C@@H]1C[C@H](C)CN1C(C)=O. The number of amidine groups is 1. The molecule has 0 aromatic heterocycles. The van der Waals surface area contributed by atoms with Crippen molar-refractivity contribution in [2.75, 3.05) is 13.6 Å². The molecule has 0 saturated carbocycles. The average Bonchev–Trinajstić information content (AvgIpc) is 2.94. The molecule has 2 atom stereocenters. The number of nitrogens with zero attached hydrogens (tertiary/aromatic N) is 1. The van der Waals surface area contributed by atoms with Gasteiger partial charge in [-0.15, -0.1) is 0 Å². The third-order valence-electron chi connectivity index (χ3n) is 2.46. The highest BCUT2D eigenvalue weighted by Crippen LogP contribution is 2.22. The predicted molar refractivity (Wildman–Crippen MR) is 121 cm³/mol. The molecule has 1 fully saturated rings. The lowest BCUT2D eigenvalue weighted by atomic mass is 10.1. The van der Waals surface area contributed by atoms with E-state index in [2.05, 4.69) is 12.2 Å². The first-order chi connectivity index (χ1) is 10.8. The summed E-state index contributed by atoms with van der Waals surface area (Å²) in [5.41, 5.74) is 4.69. The summed E-state index contributed by atoms with van der Waals surface area (Å²) in [6, 6.07) is -0.252. The van der Waals surface area contributed by atoms with E-state index in [0.29, 0.717) is 12.5 Å². The van der Waals surface area contributed by atoms with E-state index < -0.39 is 0 Å². The van der Waals surface area contributed by atoms with E-state index in [1.807, 2.05) is 41.5 Å². The van der Waals surface area contributed by atoms with Gasteiger partial charge in [-0.2, -0.15) is 0 Å². The first-order valence-corrected chi connectivity index (χ1v) is 8.59. The van der Waals surface area contributed by atoms with E-state index in [0.717, 1.165) is 6.42 Å². The molecule has 0 spiro atoms. The van der Waals surface area contributed by atoms with E-state index in [4.69, 9.17) is 11.1 Å². The standard InChI is InChI=1S/C9H16N2O2.C2H6N2.3C2H6.3CH4/c1-6-4-8(9(13)10-3)11(5-6)7(2)12;1-2(3)4;3*1-2;;;/h6,8H,4-5H2,1-3H3,(H,10,13);1H3,(H3,3,4);3*1-2H3;3*1H4/t6-,8-;;;;;;;/m0......./s1. The van der Waals surface area contributed by atoms with Crippen LogP contribution in [0.1, 0.15) is 91.0 Å². The van der Waals surface area contributed by atoms with Crippen LogP contribution in [-0.4, -0.2) is 42.2 Å². The Kier molecular flexibility index (Phi) is 53.0. The van der Waals surface area contributed by atoms with E-state index in [-0.39, 0.29) is 46.0 Å². The number of amides is 2. The Bertz CT molecular complexity index is 304. The molecule has 6 heteroatoms. The molecule has 1 aliphatic heterocycles. The van der Waals surface area contributed by atoms with Gasteiger partial charge < -0.3 is 16.0 Å². The number of rotatable bonds is 1. The van der Waals surface area contributed by atoms with Crippen LogP contribution in [0.3, 0.4) is 0 Å². The summed E-state index contributed by atoms with van der Waals surface area (Å²) in [5.74, 6) is 0.517. The summed E-state index contributed by atoms with van der Waals surface area (Å²) in [7, 11) is 1.60. The summed E-state index contributed by atoms with van der Waals surface area (Å²) in [6.07, 6.45) is 0.777. The van der Waals surface area contributed by atoms with Crippen molar-refractivity contribution in [2.45, 2.75) is 97.1 Å². The van der Waals surface area contributed by atoms with Gasteiger partial charge in [0.05, 0.1) is 5.84 Å². The average molecular weight is 381 g/mol. The van der Waals surface area contributed by atoms with Gasteiger partial charge in [0.1, 0.15) is 6.04 Å². The number of carbonyl (C=O) groups is 2. The van der Waals surface area contributed by atoms with Crippen molar-refractivity contribution in [3.05, 3.63) is 0 Å². The zero-order chi connectivity index (χ0) is 19.6. The van der Waals surface area contributed by atoms with E-state index in [9.17, 15) is 9.59 Å². The van der Waals surface area contributed by atoms with Gasteiger partial charge in [-0.25, -0.2) is 0 Å². The first-order valence-electron chi connectivity index (χ1n) is 8.59. The van der Waals surface area contributed by atoms with E-state index in [1.165, 1.54) is 13.8 Å². The number of likely N-dealkylation sites (N-methyl/N-ethyl adjacent to an activating group) is 1. The molecule has 2 amide bonds. The van der Waals surface area contributed by atoms with Crippen molar-refractivity contribution < 1.29 is 9.59 Å². The summed E-state index contributed by atoms with van der Waals surface area (Å²) >= 11 is 0. The van der Waals surface area contributed by atoms with Crippen LogP contribution in [0.15, 0.2) is 0 Å². The van der Waals surface area contributed by atoms with Gasteiger partial charge in [-0.1, -0.05) is 70.7 Å². The molecule has 164 valence electrons. The van der Waals surface area contributed by atoms with Crippen LogP contribution in [0.25, 0.3) is 0 Å². The largest absolute Gasteiger partial charge is 0.388 e. The van der Waals surface area contributed by atoms with Crippen molar-refractivity contribution >= 4 is 17.6 Å². The number of nitrogens with two attached hydrogens (primary N) is 1. The fraction of sp³-hybridized carbons (Fsp3) is 0.850. The third-order valence-corrected chi connectivity index (χ3v) is 2.46. The molecule has 0 bridgehead atoms. The Morgan fingerprint density at radius 2 is 1.31 bits per heavy atom. The minimum absolute atomic E-state index is 0. The number of carbonyl (C=O) groups excluding carboxylic acids is 2. The molecule has 0 aromatic carbocycles. The van der Waals surface area contributed by atoms with Crippen LogP contribution in [0.4, 0.5) is 0 Å². The monoisotopic (exact) mass is 380 g/mol. The van der Waals surface area contributed by atoms with Crippen LogP contribution in [0, 0.1) is 11.3 Å². The normalized spacial score (nSPS) is 15.4. The van der Waals surface area contributed by atoms with Crippen molar-refractivity contribution in [1.29, 1.82) is 5.41 Å². The maximum atomic E-state index is 11.4. The van der Waals surface area contributed by atoms with Crippen LogP contribution < -0.4 is 11.1 Å². The summed E-state index contributed by atoms with van der Waals surface area (Å²) < 4.78 is 0. The Morgan fingerprint density at radius 1 is 1.00 bits per heavy atom. The second kappa shape index (κ2) is 31.2. The molecule has 1 heterocycles. The smallest absolute Gasteiger partial charge is 0.242 e. The third kappa shape index (κ3) is 24.7. The fourth-order valence-electron chi connectivity index (χ4n) is 1.81. The Morgan fingerprint density at radius 3 is 1.54 bits per heavy atom. The van der Waals surface area contributed by atoms with Gasteiger partial charge >= 0.3 is 0 Å². The topological polar surface area (TPSA) is 99.3 Å². The van der Waals surface area contributed by atoms with Crippen LogP contribution >= 0.6 is 0 Å². The number of nitrogens with one attached hydrogen (secondary N) is 2. The highest BCUT2D eigenvalue weighted by Gasteiger charge is 2.35. The lowest BCUT2D eigenvalue weighted by Crippen LogP contribution is -2.43. The molecule has 1 aliphatic rings. The predicted octanol–water partition coefficient (Wildman–Crippen LogP) is 4.92. The lowest BCUT2D eigenvalue weighted by molar-refractivity contribution is -0.136. The molecule has 1 saturated heterocycles. The van der Waals surface area contributed by atoms with Crippen LogP contribution in [0.5, 0.6) is 0 Å². The van der Waals surface area contributed by atoms with Crippen LogP contribution in [-0.2, 0) is 9.59 Å². The van der Waals surface area contributed by atoms with Crippen molar-refractivity contribution in [3.63, 3.8) is 0 Å². The van der Waals surface area contributed by atoms with Gasteiger partial charge in [0, 0.05) is 20.5 Å². The molecule has 0 unspecified atom stereocenters. The Labute approximate surface area is 165 Å². The molecule has 0 aromatic rings. The number of likely N-dealkylation sites (tertiary alicyclic amines) is 1. The molecular formula is C20H52N4O2. The van der Waals surface area contributed by atoms with Crippen molar-refractivity contribution in [2.24, 2.45) is 11.7 Å². The maximum absolute atomic E-state index is 11.4. The molecule has 4 N–H and O–H groups in total. The second-order valence-electron chi connectivity index (χ2n) is 4.33. The van der Waals surface area contributed by atoms with Gasteiger partial charge in [-0.3, -0.25) is 15.0 Å². The summed E-state index contributed by atoms with van der Waals surface area (Å²) in [5, 5.41) is 8.86. The maximum Gasteiger partial charge on any atom is 0.242 e. The van der Waals surface area contributed by atoms with E-state index in [1.54, 1.807) is 11.9 Å². The molecule has 0 aliphatic carbocycles. The lowest BCUT2D eigenvalue weighted by Gasteiger charge is -2.21. The van der Waals surface area contributed by atoms with Crippen molar-refractivity contribution in [3.8, 4) is 0 Å². The second-order valence-corrected chi connectivity index (χ2v) is 4.33. The number of hydrogen-bond acceptors (Lipinski definition) is 3. The van der Waals surface area contributed by atoms with E-state index >= 15 is 0 Å². The summed E-state index contributed by atoms with van der Waals surface area (Å²) in [6.45, 7) is 17.8. The van der Waals surface area contributed by atoms with Crippen LogP contribution in [0.2, 0.25) is 0 Å². The first kappa shape index (κ1) is 44.1. The Hall–Kier alpha value is -1.59. The zero-order valence-corrected chi connectivity index (χ0v) is 16.9. The number of hydrogen-bond donors (Lipinski definition) is 3. The Balaban J connectivity index is -0.0000000479. The highest BCUT2D eigenvalue weighted by atomic mass is 16.2. The van der Waals surface area contributed by atoms with Gasteiger partial charge in [0.2, 0.25) is 11.8 Å². The highest BCUT2D eigenvalue weighted by molar-refractivity contribution is 5.87. The quantitative estimate of drug-likeness (QED) is 0.444. The van der Waals surface area contributed by atoms with Gasteiger partial charge in [0.25, 0.3) is 0 Å². The molecule has 6 nitrogen and oxygen atoms in total. The molecule has 1 rings (SSSR count). The molecule has 0 radical (unpaired) electrons. The molecular weight excluding hydrogens is 328 g/mol. The zero-order valence-electron chi connectivity index (χ0n) is 16.9. The van der Waals surface area contributed by atoms with Gasteiger partial charge in [0.15, 0.2) is 0 Å². The van der Waals surface area contributed by atoms with Crippen molar-refractivity contribution in [1.82, 2.24) is 10.2 Å². The fourth-order valence-corrected chi connectivity index (χ4v) is 1.81. The van der Waals surface area contributed by atoms with Gasteiger partial charge in [-0.05, 0) is 19.3 Å². The minimum Gasteiger partial charge on any atom is -0.388 e. The molecule has 26 heavy (non-hydrogen) atoms.